The zero-order chi connectivity index (χ0) is 12.8. The quantitative estimate of drug-likeness (QED) is 0.648. The molecule has 5 nitrogen and oxygen atoms in total. The monoisotopic (exact) mass is 300 g/mol. The summed E-state index contributed by atoms with van der Waals surface area (Å²) >= 11 is 3.22. The van der Waals surface area contributed by atoms with Crippen LogP contribution < -0.4 is 10.1 Å². The highest BCUT2D eigenvalue weighted by Crippen LogP contribution is 2.27. The Bertz CT molecular complexity index is 435. The average Bonchev–Trinajstić information content (AvgIpc) is 2.28. The normalized spacial score (nSPS) is 10.0. The first-order chi connectivity index (χ1) is 8.04. The third kappa shape index (κ3) is 4.16. The van der Waals surface area contributed by atoms with Crippen LogP contribution in [0.4, 0.5) is 5.69 Å². The van der Waals surface area contributed by atoms with Gasteiger partial charge in [0.05, 0.1) is 12.0 Å². The molecule has 0 saturated heterocycles. The topological polar surface area (TPSA) is 64.4 Å². The predicted octanol–water partition coefficient (Wildman–Crippen LogP) is 2.60. The Hall–Kier alpha value is -1.40. The van der Waals surface area contributed by atoms with E-state index in [1.807, 2.05) is 0 Å². The Kier molecular flexibility index (Phi) is 5.11. The van der Waals surface area contributed by atoms with Crippen LogP contribution in [0.5, 0.6) is 5.75 Å². The number of nitrogens with one attached hydrogen (secondary N) is 1. The number of halogens is 1. The van der Waals surface area contributed by atoms with Crippen molar-refractivity contribution >= 4 is 21.6 Å². The van der Waals surface area contributed by atoms with Crippen molar-refractivity contribution in [3.63, 3.8) is 0 Å². The molecule has 0 heterocycles. The molecule has 0 aliphatic rings. The van der Waals surface area contributed by atoms with Gasteiger partial charge in [0.2, 0.25) is 0 Å². The molecule has 0 bridgehead atoms. The maximum Gasteiger partial charge on any atom is 0.311 e. The van der Waals surface area contributed by atoms with Crippen LogP contribution in [0.15, 0.2) is 29.3 Å². The average molecular weight is 301 g/mol. The summed E-state index contributed by atoms with van der Waals surface area (Å²) in [6, 6.07) is 4.89. The number of nitro groups is 1. The molecule has 0 spiro atoms. The van der Waals surface area contributed by atoms with Gasteiger partial charge in [0, 0.05) is 23.6 Å². The molecule has 0 amide bonds. The van der Waals surface area contributed by atoms with Crippen LogP contribution in [0, 0.1) is 10.1 Å². The van der Waals surface area contributed by atoms with Crippen LogP contribution in [0.2, 0.25) is 0 Å². The van der Waals surface area contributed by atoms with Gasteiger partial charge < -0.3 is 10.1 Å². The fraction of sp³-hybridized carbons (Fsp3) is 0.273. The molecular weight excluding hydrogens is 288 g/mol. The van der Waals surface area contributed by atoms with Gasteiger partial charge in [-0.15, -0.1) is 0 Å². The second kappa shape index (κ2) is 6.36. The number of benzene rings is 1. The Labute approximate surface area is 108 Å². The molecule has 0 fully saturated rings. The predicted molar refractivity (Wildman–Crippen MR) is 69.4 cm³/mol. The van der Waals surface area contributed by atoms with Gasteiger partial charge in [-0.1, -0.05) is 28.6 Å². The Morgan fingerprint density at radius 1 is 1.65 bits per heavy atom. The first-order valence-corrected chi connectivity index (χ1v) is 5.69. The van der Waals surface area contributed by atoms with Gasteiger partial charge in [-0.25, -0.2) is 0 Å². The number of nitrogens with zero attached hydrogens (tertiary/aromatic N) is 1. The summed E-state index contributed by atoms with van der Waals surface area (Å²) < 4.78 is 5.75. The van der Waals surface area contributed by atoms with Gasteiger partial charge in [-0.3, -0.25) is 10.1 Å². The van der Waals surface area contributed by atoms with Crippen LogP contribution in [0.1, 0.15) is 5.56 Å². The van der Waals surface area contributed by atoms with E-state index in [0.29, 0.717) is 13.1 Å². The molecule has 1 aromatic carbocycles. The van der Waals surface area contributed by atoms with Crippen LogP contribution in [-0.2, 0) is 6.54 Å². The lowest BCUT2D eigenvalue weighted by Crippen LogP contribution is -2.14. The van der Waals surface area contributed by atoms with E-state index in [9.17, 15) is 10.1 Å². The number of rotatable bonds is 6. The van der Waals surface area contributed by atoms with E-state index < -0.39 is 4.92 Å². The minimum atomic E-state index is -0.453. The molecule has 1 N–H and O–H groups in total. The summed E-state index contributed by atoms with van der Waals surface area (Å²) in [5, 5.41) is 13.9. The smallest absolute Gasteiger partial charge is 0.311 e. The van der Waals surface area contributed by atoms with Crippen molar-refractivity contribution in [3.8, 4) is 5.75 Å². The van der Waals surface area contributed by atoms with E-state index in [2.05, 4.69) is 27.8 Å². The van der Waals surface area contributed by atoms with Crippen molar-refractivity contribution in [2.45, 2.75) is 6.54 Å². The third-order valence-corrected chi connectivity index (χ3v) is 2.37. The van der Waals surface area contributed by atoms with Crippen molar-refractivity contribution in [1.29, 1.82) is 0 Å². The SMILES string of the molecule is C=C(Br)CNCc1ccc(OC)c([N+](=O)[O-])c1. The van der Waals surface area contributed by atoms with Crippen LogP contribution in [0.3, 0.4) is 0 Å². The summed E-state index contributed by atoms with van der Waals surface area (Å²) in [4.78, 5) is 10.3. The van der Waals surface area contributed by atoms with E-state index in [0.717, 1.165) is 10.0 Å². The van der Waals surface area contributed by atoms with Crippen molar-refractivity contribution in [2.24, 2.45) is 0 Å². The molecule has 92 valence electrons. The summed E-state index contributed by atoms with van der Waals surface area (Å²) in [5.74, 6) is 0.267. The molecule has 17 heavy (non-hydrogen) atoms. The summed E-state index contributed by atoms with van der Waals surface area (Å²) in [6.45, 7) is 4.83. The minimum Gasteiger partial charge on any atom is -0.490 e. The Morgan fingerprint density at radius 2 is 2.35 bits per heavy atom. The Morgan fingerprint density at radius 3 is 2.88 bits per heavy atom. The molecular formula is C11H13BrN2O3. The molecule has 0 saturated carbocycles. The van der Waals surface area contributed by atoms with E-state index in [1.54, 1.807) is 12.1 Å². The lowest BCUT2D eigenvalue weighted by Gasteiger charge is -2.06. The maximum atomic E-state index is 10.8. The second-order valence-corrected chi connectivity index (χ2v) is 4.51. The molecule has 0 aromatic heterocycles. The molecule has 6 heteroatoms. The van der Waals surface area contributed by atoms with Crippen molar-refractivity contribution < 1.29 is 9.66 Å². The number of ether oxygens (including phenoxy) is 1. The van der Waals surface area contributed by atoms with Gasteiger partial charge in [0.15, 0.2) is 5.75 Å². The largest absolute Gasteiger partial charge is 0.490 e. The molecule has 0 radical (unpaired) electrons. The van der Waals surface area contributed by atoms with E-state index in [4.69, 9.17) is 4.74 Å². The zero-order valence-electron chi connectivity index (χ0n) is 9.40. The van der Waals surface area contributed by atoms with Gasteiger partial charge in [-0.05, 0) is 11.6 Å². The van der Waals surface area contributed by atoms with Crippen LogP contribution in [-0.4, -0.2) is 18.6 Å². The highest BCUT2D eigenvalue weighted by atomic mass is 79.9. The molecule has 0 unspecified atom stereocenters. The number of methoxy groups -OCH3 is 1. The highest BCUT2D eigenvalue weighted by molar-refractivity contribution is 9.11. The van der Waals surface area contributed by atoms with E-state index in [1.165, 1.54) is 13.2 Å². The fourth-order valence-electron chi connectivity index (χ4n) is 1.33. The lowest BCUT2D eigenvalue weighted by atomic mass is 10.2. The van der Waals surface area contributed by atoms with Crippen LogP contribution in [0.25, 0.3) is 0 Å². The molecule has 1 aromatic rings. The van der Waals surface area contributed by atoms with Crippen molar-refractivity contribution in [1.82, 2.24) is 5.32 Å². The summed E-state index contributed by atoms with van der Waals surface area (Å²) in [5.41, 5.74) is 0.802. The molecule has 1 rings (SSSR count). The minimum absolute atomic E-state index is 0.0236. The van der Waals surface area contributed by atoms with Crippen LogP contribution >= 0.6 is 15.9 Å². The number of hydrogen-bond acceptors (Lipinski definition) is 4. The first kappa shape index (κ1) is 13.7. The molecule has 0 aliphatic heterocycles. The Balaban J connectivity index is 2.78. The highest BCUT2D eigenvalue weighted by Gasteiger charge is 2.14. The standard InChI is InChI=1S/C11H13BrN2O3/c1-8(12)6-13-7-9-3-4-11(17-2)10(5-9)14(15)16/h3-5,13H,1,6-7H2,2H3. The lowest BCUT2D eigenvalue weighted by molar-refractivity contribution is -0.385. The van der Waals surface area contributed by atoms with Gasteiger partial charge >= 0.3 is 5.69 Å². The summed E-state index contributed by atoms with van der Waals surface area (Å²) in [7, 11) is 1.41. The third-order valence-electron chi connectivity index (χ3n) is 2.09. The fourth-order valence-corrected chi connectivity index (χ4v) is 1.53. The van der Waals surface area contributed by atoms with Gasteiger partial charge in [0.25, 0.3) is 0 Å². The van der Waals surface area contributed by atoms with E-state index >= 15 is 0 Å². The zero-order valence-corrected chi connectivity index (χ0v) is 11.0. The van der Waals surface area contributed by atoms with E-state index in [-0.39, 0.29) is 11.4 Å². The van der Waals surface area contributed by atoms with Crippen molar-refractivity contribution in [2.75, 3.05) is 13.7 Å². The van der Waals surface area contributed by atoms with Gasteiger partial charge in [0.1, 0.15) is 0 Å². The van der Waals surface area contributed by atoms with Gasteiger partial charge in [-0.2, -0.15) is 0 Å². The number of nitro benzene ring substituents is 1. The molecule has 0 atom stereocenters. The summed E-state index contributed by atoms with van der Waals surface area (Å²) in [6.07, 6.45) is 0. The maximum absolute atomic E-state index is 10.8. The van der Waals surface area contributed by atoms with Crippen molar-refractivity contribution in [3.05, 3.63) is 44.9 Å². The second-order valence-electron chi connectivity index (χ2n) is 3.38. The first-order valence-electron chi connectivity index (χ1n) is 4.90. The number of hydrogen-bond donors (Lipinski definition) is 1. The molecule has 0 aliphatic carbocycles.